The summed E-state index contributed by atoms with van der Waals surface area (Å²) in [5.74, 6) is 2.61. The molecule has 142 valence electrons. The van der Waals surface area contributed by atoms with Gasteiger partial charge in [-0.15, -0.1) is 0 Å². The van der Waals surface area contributed by atoms with Gasteiger partial charge in [0.1, 0.15) is 0 Å². The lowest BCUT2D eigenvalue weighted by molar-refractivity contribution is 0.0934. The fourth-order valence-corrected chi connectivity index (χ4v) is 2.09. The van der Waals surface area contributed by atoms with Crippen LogP contribution < -0.4 is 0 Å². The molecule has 2 saturated carbocycles. The van der Waals surface area contributed by atoms with Crippen LogP contribution in [0.5, 0.6) is 0 Å². The van der Waals surface area contributed by atoms with Gasteiger partial charge in [-0.05, 0) is 59.7 Å². The van der Waals surface area contributed by atoms with Crippen LogP contribution in [0.4, 0.5) is 0 Å². The fourth-order valence-electron chi connectivity index (χ4n) is 2.09. The quantitative estimate of drug-likeness (QED) is 0.476. The van der Waals surface area contributed by atoms with E-state index in [0.717, 1.165) is 28.6 Å². The highest BCUT2D eigenvalue weighted by Crippen LogP contribution is 2.51. The first-order valence-electron chi connectivity index (χ1n) is 9.74. The second-order valence-electron chi connectivity index (χ2n) is 10.5. The van der Waals surface area contributed by atoms with Crippen molar-refractivity contribution in [3.63, 3.8) is 0 Å². The van der Waals surface area contributed by atoms with Gasteiger partial charge in [-0.25, -0.2) is 0 Å². The molecule has 0 amide bonds. The highest BCUT2D eigenvalue weighted by atomic mass is 14.4. The molecule has 23 heavy (non-hydrogen) atoms. The average molecular weight is 327 g/mol. The summed E-state index contributed by atoms with van der Waals surface area (Å²) in [4.78, 5) is 0. The van der Waals surface area contributed by atoms with Gasteiger partial charge in [0.2, 0.25) is 0 Å². The lowest BCUT2D eigenvalue weighted by Gasteiger charge is -2.42. The van der Waals surface area contributed by atoms with Crippen molar-refractivity contribution < 1.29 is 0 Å². The van der Waals surface area contributed by atoms with Crippen LogP contribution in [0.1, 0.15) is 116 Å². The predicted octanol–water partition coefficient (Wildman–Crippen LogP) is 8.60. The maximum atomic E-state index is 2.40. The fraction of sp³-hybridized carbons (Fsp3) is 1.00. The molecule has 0 aromatic heterocycles. The lowest BCUT2D eigenvalue weighted by Crippen LogP contribution is -2.30. The Bertz CT molecular complexity index is 283. The zero-order valence-corrected chi connectivity index (χ0v) is 17.8. The van der Waals surface area contributed by atoms with Crippen LogP contribution in [0.3, 0.4) is 0 Å². The third-order valence-corrected chi connectivity index (χ3v) is 7.05. The Morgan fingerprint density at radius 2 is 0.913 bits per heavy atom. The van der Waals surface area contributed by atoms with Gasteiger partial charge in [0, 0.05) is 0 Å². The van der Waals surface area contributed by atoms with E-state index in [1.165, 1.54) is 32.1 Å². The molecule has 0 aromatic carbocycles. The average Bonchev–Trinajstić information content (AvgIpc) is 3.06. The van der Waals surface area contributed by atoms with Crippen molar-refractivity contribution in [3.8, 4) is 0 Å². The first kappa shape index (κ1) is 25.2. The van der Waals surface area contributed by atoms with E-state index >= 15 is 0 Å². The molecule has 0 N–H and O–H groups in total. The Labute approximate surface area is 150 Å². The molecule has 0 aliphatic heterocycles. The topological polar surface area (TPSA) is 0 Å². The van der Waals surface area contributed by atoms with Crippen molar-refractivity contribution >= 4 is 0 Å². The molecule has 0 heteroatoms. The Kier molecular flexibility index (Phi) is 10.4. The predicted molar refractivity (Wildman–Crippen MR) is 110 cm³/mol. The zero-order chi connectivity index (χ0) is 17.8. The van der Waals surface area contributed by atoms with Crippen molar-refractivity contribution in [2.24, 2.45) is 34.0 Å². The second kappa shape index (κ2) is 9.47. The number of hydrogen-bond acceptors (Lipinski definition) is 0. The van der Waals surface area contributed by atoms with Gasteiger partial charge in [0.15, 0.2) is 0 Å². The largest absolute Gasteiger partial charge is 0.0776 e. The monoisotopic (exact) mass is 326 g/mol. The SMILES string of the molecule is C.CC(C)C(C)(C)C.CC(C)C1(C)CC1.CC(C)C1(C)CCC1. The van der Waals surface area contributed by atoms with Gasteiger partial charge < -0.3 is 0 Å². The Morgan fingerprint density at radius 3 is 0.913 bits per heavy atom. The normalized spacial score (nSPS) is 20.6. The van der Waals surface area contributed by atoms with Crippen LogP contribution in [0.2, 0.25) is 0 Å². The van der Waals surface area contributed by atoms with Gasteiger partial charge in [-0.1, -0.05) is 90.0 Å². The summed E-state index contributed by atoms with van der Waals surface area (Å²) in [5, 5.41) is 0. The molecule has 0 saturated heterocycles. The van der Waals surface area contributed by atoms with E-state index in [-0.39, 0.29) is 7.43 Å². The highest BCUT2D eigenvalue weighted by molar-refractivity contribution is 4.90. The molecule has 2 aliphatic rings. The van der Waals surface area contributed by atoms with E-state index < -0.39 is 0 Å². The maximum absolute atomic E-state index is 2.40. The molecule has 2 rings (SSSR count). The third kappa shape index (κ3) is 9.16. The molecule has 0 aromatic rings. The molecule has 2 fully saturated rings. The molecule has 0 radical (unpaired) electrons. The molecule has 0 heterocycles. The summed E-state index contributed by atoms with van der Waals surface area (Å²) in [7, 11) is 0. The van der Waals surface area contributed by atoms with E-state index in [1.807, 2.05) is 0 Å². The molecule has 0 nitrogen and oxygen atoms in total. The maximum Gasteiger partial charge on any atom is -0.0302 e. The summed E-state index contributed by atoms with van der Waals surface area (Å²) in [6.07, 6.45) is 7.32. The minimum atomic E-state index is 0. The lowest BCUT2D eigenvalue weighted by atomic mass is 9.64. The van der Waals surface area contributed by atoms with E-state index in [2.05, 4.69) is 76.2 Å². The molecular weight excluding hydrogens is 276 g/mol. The van der Waals surface area contributed by atoms with Crippen molar-refractivity contribution in [3.05, 3.63) is 0 Å². The van der Waals surface area contributed by atoms with Gasteiger partial charge in [0.25, 0.3) is 0 Å². The van der Waals surface area contributed by atoms with Crippen molar-refractivity contribution in [2.45, 2.75) is 116 Å². The second-order valence-corrected chi connectivity index (χ2v) is 10.5. The van der Waals surface area contributed by atoms with Gasteiger partial charge in [-0.2, -0.15) is 0 Å². The minimum Gasteiger partial charge on any atom is -0.0776 e. The van der Waals surface area contributed by atoms with E-state index in [1.54, 1.807) is 0 Å². The Balaban J connectivity index is 0. The van der Waals surface area contributed by atoms with Crippen LogP contribution in [-0.4, -0.2) is 0 Å². The van der Waals surface area contributed by atoms with Crippen LogP contribution in [0, 0.1) is 34.0 Å². The summed E-state index contributed by atoms with van der Waals surface area (Å²) in [5.41, 5.74) is 1.97. The Morgan fingerprint density at radius 1 is 0.652 bits per heavy atom. The van der Waals surface area contributed by atoms with Gasteiger partial charge in [-0.3, -0.25) is 0 Å². The van der Waals surface area contributed by atoms with Crippen LogP contribution >= 0.6 is 0 Å². The molecule has 0 unspecified atom stereocenters. The number of hydrogen-bond donors (Lipinski definition) is 0. The molecule has 0 spiro atoms. The van der Waals surface area contributed by atoms with Crippen molar-refractivity contribution in [1.29, 1.82) is 0 Å². The van der Waals surface area contributed by atoms with E-state index in [4.69, 9.17) is 0 Å². The third-order valence-electron chi connectivity index (χ3n) is 7.05. The first-order valence-corrected chi connectivity index (χ1v) is 9.74. The van der Waals surface area contributed by atoms with Gasteiger partial charge >= 0.3 is 0 Å². The van der Waals surface area contributed by atoms with Crippen molar-refractivity contribution in [2.75, 3.05) is 0 Å². The first-order chi connectivity index (χ1) is 9.74. The zero-order valence-electron chi connectivity index (χ0n) is 17.8. The van der Waals surface area contributed by atoms with Crippen LogP contribution in [-0.2, 0) is 0 Å². The highest BCUT2D eigenvalue weighted by Gasteiger charge is 2.39. The standard InChI is InChI=1S/C8H16.C7H14.C7H16.CH4/c1-7(2)8(3)5-4-6-8;1-6(2)7(3)4-5-7;1-6(2)7(3,4)5;/h7H,4-6H2,1-3H3;6H,4-5H2,1-3H3;6H,1-5H3;1H4. The Hall–Kier alpha value is 0. The molecule has 0 atom stereocenters. The minimum absolute atomic E-state index is 0. The van der Waals surface area contributed by atoms with Crippen LogP contribution in [0.25, 0.3) is 0 Å². The van der Waals surface area contributed by atoms with E-state index in [0.29, 0.717) is 5.41 Å². The molecule has 0 bridgehead atoms. The van der Waals surface area contributed by atoms with Crippen LogP contribution in [0.15, 0.2) is 0 Å². The molecular formula is C23H50. The van der Waals surface area contributed by atoms with Crippen molar-refractivity contribution in [1.82, 2.24) is 0 Å². The van der Waals surface area contributed by atoms with Gasteiger partial charge in [0.05, 0.1) is 0 Å². The summed E-state index contributed by atoms with van der Waals surface area (Å²) in [6.45, 7) is 25.4. The smallest absolute Gasteiger partial charge is 0.0302 e. The number of rotatable bonds is 2. The molecule has 2 aliphatic carbocycles. The van der Waals surface area contributed by atoms with E-state index in [9.17, 15) is 0 Å². The summed E-state index contributed by atoms with van der Waals surface area (Å²) in [6, 6.07) is 0. The summed E-state index contributed by atoms with van der Waals surface area (Å²) < 4.78 is 0. The summed E-state index contributed by atoms with van der Waals surface area (Å²) >= 11 is 0.